The number of hydrogen-bond donors (Lipinski definition) is 5. The zero-order valence-electron chi connectivity index (χ0n) is 19.5. The number of H-pyrrole nitrogens is 1. The summed E-state index contributed by atoms with van der Waals surface area (Å²) < 4.78 is 0. The molecule has 1 atom stereocenters. The fourth-order valence-corrected chi connectivity index (χ4v) is 4.71. The zero-order chi connectivity index (χ0) is 24.8. The van der Waals surface area contributed by atoms with Crippen LogP contribution in [0.4, 0.5) is 0 Å². The number of benzene rings is 2. The van der Waals surface area contributed by atoms with Crippen LogP contribution in [-0.2, 0) is 11.3 Å². The maximum absolute atomic E-state index is 12.2. The molecule has 9 heteroatoms. The maximum atomic E-state index is 12.2. The number of phenols is 1. The van der Waals surface area contributed by atoms with Crippen LogP contribution in [0, 0.1) is 0 Å². The molecule has 0 spiro atoms. The molecule has 2 aromatic carbocycles. The highest BCUT2D eigenvalue weighted by atomic mass is 35.5. The minimum absolute atomic E-state index is 0.0212. The van der Waals surface area contributed by atoms with Gasteiger partial charge in [-0.05, 0) is 61.3 Å². The standard InChI is InChI=1S/C26H31ClN4O4/c27-18-3-1-2-17(14-18)15-29-24(34)10-13-31-11-8-19(9-12-31)28-16-23(33)20-4-6-22(32)26-21(20)5-7-25(35)30-26/h1-7,14,19,23,28,32-33H,8-13,15-16H2,(H,29,34)(H,30,35). The lowest BCUT2D eigenvalue weighted by atomic mass is 10.0. The van der Waals surface area contributed by atoms with Crippen molar-refractivity contribution in [3.05, 3.63) is 75.0 Å². The number of likely N-dealkylation sites (tertiary alicyclic amines) is 1. The van der Waals surface area contributed by atoms with E-state index in [1.165, 1.54) is 12.1 Å². The van der Waals surface area contributed by atoms with Gasteiger partial charge in [-0.1, -0.05) is 29.8 Å². The number of aliphatic hydroxyl groups is 1. The average Bonchev–Trinajstić information content (AvgIpc) is 2.86. The molecule has 1 aliphatic heterocycles. The molecule has 0 aliphatic carbocycles. The Hall–Kier alpha value is -2.91. The lowest BCUT2D eigenvalue weighted by Crippen LogP contribution is -2.44. The molecule has 1 amide bonds. The van der Waals surface area contributed by atoms with Gasteiger partial charge < -0.3 is 30.7 Å². The molecule has 1 aliphatic rings. The number of aromatic nitrogens is 1. The first-order chi connectivity index (χ1) is 16.9. The first-order valence-corrected chi connectivity index (χ1v) is 12.3. The van der Waals surface area contributed by atoms with Crippen molar-refractivity contribution in [3.8, 4) is 5.75 Å². The number of rotatable bonds is 9. The number of hydrogen-bond acceptors (Lipinski definition) is 6. The van der Waals surface area contributed by atoms with Crippen LogP contribution in [-0.4, -0.2) is 58.2 Å². The third kappa shape index (κ3) is 6.82. The van der Waals surface area contributed by atoms with Crippen LogP contribution in [0.2, 0.25) is 5.02 Å². The summed E-state index contributed by atoms with van der Waals surface area (Å²) in [4.78, 5) is 28.7. The number of aromatic amines is 1. The molecule has 1 saturated heterocycles. The van der Waals surface area contributed by atoms with Crippen molar-refractivity contribution in [3.63, 3.8) is 0 Å². The number of nitrogens with one attached hydrogen (secondary N) is 3. The number of amides is 1. The lowest BCUT2D eigenvalue weighted by Gasteiger charge is -2.32. The third-order valence-corrected chi connectivity index (χ3v) is 6.72. The van der Waals surface area contributed by atoms with E-state index in [0.717, 1.165) is 31.5 Å². The zero-order valence-corrected chi connectivity index (χ0v) is 20.2. The molecule has 1 unspecified atom stereocenters. The molecule has 0 saturated carbocycles. The van der Waals surface area contributed by atoms with Crippen LogP contribution < -0.4 is 16.2 Å². The van der Waals surface area contributed by atoms with Crippen LogP contribution in [0.3, 0.4) is 0 Å². The quantitative estimate of drug-likeness (QED) is 0.309. The Morgan fingerprint density at radius 1 is 1.17 bits per heavy atom. The normalized spacial score (nSPS) is 15.8. The smallest absolute Gasteiger partial charge is 0.248 e. The van der Waals surface area contributed by atoms with Gasteiger partial charge in [-0.3, -0.25) is 9.59 Å². The molecule has 3 aromatic rings. The fourth-order valence-electron chi connectivity index (χ4n) is 4.49. The van der Waals surface area contributed by atoms with Crippen molar-refractivity contribution in [1.82, 2.24) is 20.5 Å². The van der Waals surface area contributed by atoms with Crippen molar-refractivity contribution in [2.45, 2.75) is 38.0 Å². The second-order valence-corrected chi connectivity index (χ2v) is 9.42. The van der Waals surface area contributed by atoms with Gasteiger partial charge in [0.2, 0.25) is 11.5 Å². The average molecular weight is 499 g/mol. The number of pyridine rings is 1. The van der Waals surface area contributed by atoms with Crippen molar-refractivity contribution in [2.24, 2.45) is 0 Å². The molecule has 8 nitrogen and oxygen atoms in total. The Labute approximate surface area is 208 Å². The molecule has 5 N–H and O–H groups in total. The number of nitrogens with zero attached hydrogens (tertiary/aromatic N) is 1. The van der Waals surface area contributed by atoms with Gasteiger partial charge in [-0.2, -0.15) is 0 Å². The Morgan fingerprint density at radius 3 is 2.74 bits per heavy atom. The monoisotopic (exact) mass is 498 g/mol. The fraction of sp³-hybridized carbons (Fsp3) is 0.385. The Kier molecular flexibility index (Phi) is 8.41. The van der Waals surface area contributed by atoms with Crippen molar-refractivity contribution < 1.29 is 15.0 Å². The summed E-state index contributed by atoms with van der Waals surface area (Å²) >= 11 is 5.98. The van der Waals surface area contributed by atoms with Gasteiger partial charge in [0.15, 0.2) is 0 Å². The number of piperidine rings is 1. The highest BCUT2D eigenvalue weighted by molar-refractivity contribution is 6.30. The summed E-state index contributed by atoms with van der Waals surface area (Å²) in [6.07, 6.45) is 1.54. The number of aromatic hydroxyl groups is 1. The molecule has 2 heterocycles. The van der Waals surface area contributed by atoms with E-state index >= 15 is 0 Å². The molecule has 186 valence electrons. The highest BCUT2D eigenvalue weighted by Gasteiger charge is 2.21. The van der Waals surface area contributed by atoms with E-state index in [1.54, 1.807) is 12.1 Å². The SMILES string of the molecule is O=C(CCN1CCC(NCC(O)c2ccc(O)c3[nH]c(=O)ccc23)CC1)NCc1cccc(Cl)c1. The molecule has 0 radical (unpaired) electrons. The number of carbonyl (C=O) groups is 1. The minimum atomic E-state index is -0.773. The Bertz CT molecular complexity index is 1220. The van der Waals surface area contributed by atoms with E-state index in [1.807, 2.05) is 24.3 Å². The molecular formula is C26H31ClN4O4. The summed E-state index contributed by atoms with van der Waals surface area (Å²) in [7, 11) is 0. The number of fused-ring (bicyclic) bond motifs is 1. The summed E-state index contributed by atoms with van der Waals surface area (Å²) in [5.41, 5.74) is 1.66. The lowest BCUT2D eigenvalue weighted by molar-refractivity contribution is -0.121. The maximum Gasteiger partial charge on any atom is 0.248 e. The van der Waals surface area contributed by atoms with Gasteiger partial charge in [0.05, 0.1) is 11.6 Å². The summed E-state index contributed by atoms with van der Waals surface area (Å²) in [6.45, 7) is 3.33. The van der Waals surface area contributed by atoms with Crippen LogP contribution in [0.25, 0.3) is 10.9 Å². The molecule has 35 heavy (non-hydrogen) atoms. The largest absolute Gasteiger partial charge is 0.506 e. The van der Waals surface area contributed by atoms with Crippen molar-refractivity contribution in [1.29, 1.82) is 0 Å². The van der Waals surface area contributed by atoms with Crippen molar-refractivity contribution in [2.75, 3.05) is 26.2 Å². The third-order valence-electron chi connectivity index (χ3n) is 6.49. The number of halogens is 1. The van der Waals surface area contributed by atoms with Gasteiger partial charge >= 0.3 is 0 Å². The molecular weight excluding hydrogens is 468 g/mol. The Balaban J connectivity index is 1.18. The Morgan fingerprint density at radius 2 is 1.97 bits per heavy atom. The first kappa shape index (κ1) is 25.2. The topological polar surface area (TPSA) is 118 Å². The number of aliphatic hydroxyl groups excluding tert-OH is 1. The van der Waals surface area contributed by atoms with Gasteiger partial charge in [0.1, 0.15) is 5.75 Å². The van der Waals surface area contributed by atoms with E-state index < -0.39 is 6.10 Å². The second-order valence-electron chi connectivity index (χ2n) is 8.98. The predicted octanol–water partition coefficient (Wildman–Crippen LogP) is 2.68. The summed E-state index contributed by atoms with van der Waals surface area (Å²) in [6, 6.07) is 13.9. The van der Waals surface area contributed by atoms with Crippen LogP contribution in [0.1, 0.15) is 36.5 Å². The van der Waals surface area contributed by atoms with E-state index in [-0.39, 0.29) is 23.3 Å². The van der Waals surface area contributed by atoms with Gasteiger partial charge in [-0.25, -0.2) is 0 Å². The predicted molar refractivity (Wildman–Crippen MR) is 137 cm³/mol. The van der Waals surface area contributed by atoms with E-state index in [0.29, 0.717) is 47.5 Å². The van der Waals surface area contributed by atoms with Gasteiger partial charge in [-0.15, -0.1) is 0 Å². The number of phenolic OH excluding ortho intramolecular Hbond substituents is 1. The first-order valence-electron chi connectivity index (χ1n) is 11.9. The van der Waals surface area contributed by atoms with E-state index in [4.69, 9.17) is 11.6 Å². The minimum Gasteiger partial charge on any atom is -0.506 e. The molecule has 0 bridgehead atoms. The van der Waals surface area contributed by atoms with Crippen molar-refractivity contribution >= 4 is 28.4 Å². The van der Waals surface area contributed by atoms with Gasteiger partial charge in [0.25, 0.3) is 0 Å². The van der Waals surface area contributed by atoms with Crippen LogP contribution in [0.15, 0.2) is 53.3 Å². The van der Waals surface area contributed by atoms with E-state index in [2.05, 4.69) is 20.5 Å². The molecule has 1 aromatic heterocycles. The summed E-state index contributed by atoms with van der Waals surface area (Å²) in [5.74, 6) is 0.00272. The van der Waals surface area contributed by atoms with E-state index in [9.17, 15) is 19.8 Å². The second kappa shape index (κ2) is 11.7. The number of carbonyl (C=O) groups excluding carboxylic acids is 1. The highest BCUT2D eigenvalue weighted by Crippen LogP contribution is 2.28. The van der Waals surface area contributed by atoms with Crippen LogP contribution >= 0.6 is 11.6 Å². The molecule has 4 rings (SSSR count). The summed E-state index contributed by atoms with van der Waals surface area (Å²) in [5, 5.41) is 28.5. The van der Waals surface area contributed by atoms with Gasteiger partial charge in [0, 0.05) is 48.6 Å². The van der Waals surface area contributed by atoms with Crippen LogP contribution in [0.5, 0.6) is 5.75 Å². The molecule has 1 fully saturated rings.